The van der Waals surface area contributed by atoms with Crippen molar-refractivity contribution in [2.45, 2.75) is 37.6 Å². The van der Waals surface area contributed by atoms with Gasteiger partial charge in [-0.1, -0.05) is 37.1 Å². The van der Waals surface area contributed by atoms with E-state index < -0.39 is 11.5 Å². The molecule has 1 heterocycles. The Morgan fingerprint density at radius 3 is 2.50 bits per heavy atom. The standard InChI is InChI=1S/C21H22N2O3/c1-23-17-7-3-2-6-15(17)16-12-14(8-9-18(16)23)13-19(24)22-21(20(25)26)10-4-5-11-21/h2-3,6-9,12H,4-5,10-11,13H2,1H3,(H,22,24)(H,25,26). The number of carboxylic acid groups (broad SMARTS) is 1. The zero-order chi connectivity index (χ0) is 18.3. The van der Waals surface area contributed by atoms with Crippen LogP contribution in [0.1, 0.15) is 31.2 Å². The van der Waals surface area contributed by atoms with Gasteiger partial charge in [0.15, 0.2) is 0 Å². The Morgan fingerprint density at radius 1 is 1.08 bits per heavy atom. The maximum Gasteiger partial charge on any atom is 0.329 e. The van der Waals surface area contributed by atoms with E-state index in [4.69, 9.17) is 0 Å². The van der Waals surface area contributed by atoms with Crippen LogP contribution in [0.25, 0.3) is 21.8 Å². The predicted molar refractivity (Wildman–Crippen MR) is 101 cm³/mol. The summed E-state index contributed by atoms with van der Waals surface area (Å²) in [6.45, 7) is 0. The van der Waals surface area contributed by atoms with Gasteiger partial charge in [-0.05, 0) is 36.6 Å². The Hall–Kier alpha value is -2.82. The first-order chi connectivity index (χ1) is 12.5. The van der Waals surface area contributed by atoms with E-state index in [1.807, 2.05) is 37.4 Å². The first-order valence-electron chi connectivity index (χ1n) is 9.01. The zero-order valence-corrected chi connectivity index (χ0v) is 14.8. The molecule has 5 heteroatoms. The van der Waals surface area contributed by atoms with Gasteiger partial charge in [0, 0.05) is 28.9 Å². The smallest absolute Gasteiger partial charge is 0.329 e. The first kappa shape index (κ1) is 16.6. The molecule has 3 aromatic rings. The molecule has 134 valence electrons. The molecule has 2 aromatic carbocycles. The summed E-state index contributed by atoms with van der Waals surface area (Å²) in [7, 11) is 2.04. The van der Waals surface area contributed by atoms with Gasteiger partial charge in [0.2, 0.25) is 5.91 Å². The van der Waals surface area contributed by atoms with E-state index in [0.717, 1.165) is 40.2 Å². The molecular formula is C21H22N2O3. The minimum Gasteiger partial charge on any atom is -0.480 e. The minimum absolute atomic E-state index is 0.189. The molecule has 0 atom stereocenters. The lowest BCUT2D eigenvalue weighted by Gasteiger charge is -2.25. The highest BCUT2D eigenvalue weighted by Crippen LogP contribution is 2.31. The fourth-order valence-corrected chi connectivity index (χ4v) is 4.19. The normalized spacial score (nSPS) is 16.2. The third-order valence-corrected chi connectivity index (χ3v) is 5.59. The van der Waals surface area contributed by atoms with E-state index in [1.54, 1.807) is 0 Å². The van der Waals surface area contributed by atoms with Crippen molar-refractivity contribution in [3.63, 3.8) is 0 Å². The highest BCUT2D eigenvalue weighted by molar-refractivity contribution is 6.08. The number of aliphatic carboxylic acids is 1. The van der Waals surface area contributed by atoms with Crippen molar-refractivity contribution in [3.8, 4) is 0 Å². The maximum absolute atomic E-state index is 12.5. The van der Waals surface area contributed by atoms with Gasteiger partial charge in [-0.3, -0.25) is 4.79 Å². The SMILES string of the molecule is Cn1c2ccccc2c2cc(CC(=O)NC3(C(=O)O)CCCC3)ccc21. The Balaban J connectivity index is 1.62. The molecule has 1 amide bonds. The number of nitrogens with one attached hydrogen (secondary N) is 1. The predicted octanol–water partition coefficient (Wildman–Crippen LogP) is 3.39. The Labute approximate surface area is 151 Å². The minimum atomic E-state index is -1.08. The van der Waals surface area contributed by atoms with Crippen molar-refractivity contribution in [3.05, 3.63) is 48.0 Å². The van der Waals surface area contributed by atoms with Gasteiger partial charge >= 0.3 is 5.97 Å². The van der Waals surface area contributed by atoms with Crippen LogP contribution in [0.3, 0.4) is 0 Å². The molecular weight excluding hydrogens is 328 g/mol. The van der Waals surface area contributed by atoms with Gasteiger partial charge < -0.3 is 15.0 Å². The number of aryl methyl sites for hydroxylation is 1. The summed E-state index contributed by atoms with van der Waals surface area (Å²) in [6, 6.07) is 14.2. The van der Waals surface area contributed by atoms with Crippen molar-refractivity contribution in [2.75, 3.05) is 0 Å². The molecule has 0 saturated heterocycles. The summed E-state index contributed by atoms with van der Waals surface area (Å²) in [5.41, 5.74) is 2.08. The molecule has 1 aliphatic rings. The summed E-state index contributed by atoms with van der Waals surface area (Å²) in [5, 5.41) is 14.6. The molecule has 1 fully saturated rings. The Morgan fingerprint density at radius 2 is 1.77 bits per heavy atom. The molecule has 0 bridgehead atoms. The van der Waals surface area contributed by atoms with Gasteiger partial charge in [0.1, 0.15) is 5.54 Å². The molecule has 0 radical (unpaired) electrons. The second kappa shape index (κ2) is 6.16. The van der Waals surface area contributed by atoms with Gasteiger partial charge in [-0.2, -0.15) is 0 Å². The number of amides is 1. The van der Waals surface area contributed by atoms with Crippen LogP contribution in [0.2, 0.25) is 0 Å². The maximum atomic E-state index is 12.5. The molecule has 2 N–H and O–H groups in total. The van der Waals surface area contributed by atoms with Gasteiger partial charge in [-0.15, -0.1) is 0 Å². The van der Waals surface area contributed by atoms with Crippen molar-refractivity contribution >= 4 is 33.7 Å². The number of benzene rings is 2. The Kier molecular flexibility index (Phi) is 3.94. The number of aromatic nitrogens is 1. The Bertz CT molecular complexity index is 1010. The van der Waals surface area contributed by atoms with Crippen molar-refractivity contribution in [2.24, 2.45) is 7.05 Å². The zero-order valence-electron chi connectivity index (χ0n) is 14.8. The summed E-state index contributed by atoms with van der Waals surface area (Å²) in [5.74, 6) is -1.15. The number of carbonyl (C=O) groups is 2. The van der Waals surface area contributed by atoms with Crippen LogP contribution in [0.4, 0.5) is 0 Å². The highest BCUT2D eigenvalue weighted by Gasteiger charge is 2.42. The van der Waals surface area contributed by atoms with E-state index in [2.05, 4.69) is 22.0 Å². The fraction of sp³-hybridized carbons (Fsp3) is 0.333. The first-order valence-corrected chi connectivity index (χ1v) is 9.01. The van der Waals surface area contributed by atoms with Crippen LogP contribution in [0.5, 0.6) is 0 Å². The topological polar surface area (TPSA) is 71.3 Å². The number of rotatable bonds is 4. The van der Waals surface area contributed by atoms with Crippen LogP contribution >= 0.6 is 0 Å². The molecule has 1 aliphatic carbocycles. The average Bonchev–Trinajstić information content (AvgIpc) is 3.20. The molecule has 0 unspecified atom stereocenters. The van der Waals surface area contributed by atoms with Crippen LogP contribution in [0, 0.1) is 0 Å². The second-order valence-electron chi connectivity index (χ2n) is 7.25. The van der Waals surface area contributed by atoms with E-state index >= 15 is 0 Å². The molecule has 26 heavy (non-hydrogen) atoms. The van der Waals surface area contributed by atoms with E-state index in [9.17, 15) is 14.7 Å². The van der Waals surface area contributed by atoms with E-state index in [1.165, 1.54) is 0 Å². The number of fused-ring (bicyclic) bond motifs is 3. The quantitative estimate of drug-likeness (QED) is 0.758. The molecule has 0 aliphatic heterocycles. The van der Waals surface area contributed by atoms with Gasteiger partial charge in [-0.25, -0.2) is 4.79 Å². The average molecular weight is 350 g/mol. The van der Waals surface area contributed by atoms with Crippen molar-refractivity contribution in [1.29, 1.82) is 0 Å². The fourth-order valence-electron chi connectivity index (χ4n) is 4.19. The number of para-hydroxylation sites is 1. The summed E-state index contributed by atoms with van der Waals surface area (Å²) in [6.07, 6.45) is 2.89. The summed E-state index contributed by atoms with van der Waals surface area (Å²) >= 11 is 0. The largest absolute Gasteiger partial charge is 0.480 e. The van der Waals surface area contributed by atoms with Crippen molar-refractivity contribution in [1.82, 2.24) is 9.88 Å². The van der Waals surface area contributed by atoms with Crippen LogP contribution < -0.4 is 5.32 Å². The third kappa shape index (κ3) is 2.64. The third-order valence-electron chi connectivity index (χ3n) is 5.59. The molecule has 0 spiro atoms. The highest BCUT2D eigenvalue weighted by atomic mass is 16.4. The summed E-state index contributed by atoms with van der Waals surface area (Å²) in [4.78, 5) is 24.1. The van der Waals surface area contributed by atoms with E-state index in [0.29, 0.717) is 12.8 Å². The monoisotopic (exact) mass is 350 g/mol. The van der Waals surface area contributed by atoms with Gasteiger partial charge in [0.05, 0.1) is 6.42 Å². The summed E-state index contributed by atoms with van der Waals surface area (Å²) < 4.78 is 2.15. The van der Waals surface area contributed by atoms with Crippen LogP contribution in [0.15, 0.2) is 42.5 Å². The lowest BCUT2D eigenvalue weighted by molar-refractivity contribution is -0.147. The van der Waals surface area contributed by atoms with Crippen LogP contribution in [-0.4, -0.2) is 27.1 Å². The number of hydrogen-bond acceptors (Lipinski definition) is 2. The molecule has 5 nitrogen and oxygen atoms in total. The van der Waals surface area contributed by atoms with Gasteiger partial charge in [0.25, 0.3) is 0 Å². The van der Waals surface area contributed by atoms with E-state index in [-0.39, 0.29) is 12.3 Å². The molecule has 1 saturated carbocycles. The second-order valence-corrected chi connectivity index (χ2v) is 7.25. The lowest BCUT2D eigenvalue weighted by atomic mass is 9.97. The number of hydrogen-bond donors (Lipinski definition) is 2. The molecule has 4 rings (SSSR count). The molecule has 1 aromatic heterocycles. The number of carbonyl (C=O) groups excluding carboxylic acids is 1. The number of nitrogens with zero attached hydrogens (tertiary/aromatic N) is 1. The van der Waals surface area contributed by atoms with Crippen molar-refractivity contribution < 1.29 is 14.7 Å². The number of carboxylic acids is 1. The lowest BCUT2D eigenvalue weighted by Crippen LogP contribution is -2.52. The van der Waals surface area contributed by atoms with Crippen LogP contribution in [-0.2, 0) is 23.1 Å².